The molecule has 0 radical (unpaired) electrons. The van der Waals surface area contributed by atoms with Gasteiger partial charge in [-0.2, -0.15) is 0 Å². The first kappa shape index (κ1) is 33.1. The van der Waals surface area contributed by atoms with Gasteiger partial charge in [0.15, 0.2) is 0 Å². The third kappa shape index (κ3) is 11.5. The van der Waals surface area contributed by atoms with Crippen LogP contribution in [0.3, 0.4) is 0 Å². The van der Waals surface area contributed by atoms with Gasteiger partial charge in [0, 0.05) is 0 Å². The zero-order valence-corrected chi connectivity index (χ0v) is 25.6. The van der Waals surface area contributed by atoms with Crippen molar-refractivity contribution in [1.29, 1.82) is 0 Å². The largest absolute Gasteiger partial charge is 1.00 e. The van der Waals surface area contributed by atoms with Crippen LogP contribution in [0.1, 0.15) is 74.3 Å². The molecule has 0 fully saturated rings. The molecule has 0 aromatic heterocycles. The minimum atomic E-state index is -4.51. The molecule has 3 rings (SSSR count). The van der Waals surface area contributed by atoms with Gasteiger partial charge in [-0.05, 0) is 73.1 Å². The van der Waals surface area contributed by atoms with Gasteiger partial charge in [-0.3, -0.25) is 0 Å². The maximum Gasteiger partial charge on any atom is 1.00 e. The van der Waals surface area contributed by atoms with Gasteiger partial charge < -0.3 is 19.5 Å². The SMILES string of the molecule is CCCCCC(Oc1ccc(CCC(CC=CC(O)c2ccc(O)cc2)S(=O)(=O)[O-])cc1)c1ccccc1.[Na+]. The summed E-state index contributed by atoms with van der Waals surface area (Å²) in [5.41, 5.74) is 2.61. The summed E-state index contributed by atoms with van der Waals surface area (Å²) >= 11 is 0. The molecule has 0 saturated carbocycles. The summed E-state index contributed by atoms with van der Waals surface area (Å²) in [5, 5.41) is 18.5. The van der Waals surface area contributed by atoms with E-state index in [1.165, 1.54) is 24.3 Å². The van der Waals surface area contributed by atoms with E-state index in [0.717, 1.165) is 42.6 Å². The van der Waals surface area contributed by atoms with Crippen molar-refractivity contribution in [2.45, 2.75) is 69.3 Å². The second-order valence-electron chi connectivity index (χ2n) is 9.51. The van der Waals surface area contributed by atoms with Gasteiger partial charge in [0.1, 0.15) is 17.6 Å². The van der Waals surface area contributed by atoms with Crippen molar-refractivity contribution in [3.63, 3.8) is 0 Å². The zero-order chi connectivity index (χ0) is 27.4. The molecule has 3 aromatic carbocycles. The fraction of sp³-hybridized carbons (Fsp3) is 0.355. The maximum atomic E-state index is 11.9. The Morgan fingerprint density at radius 1 is 0.897 bits per heavy atom. The van der Waals surface area contributed by atoms with Gasteiger partial charge in [0.2, 0.25) is 0 Å². The van der Waals surface area contributed by atoms with Crippen molar-refractivity contribution in [1.82, 2.24) is 0 Å². The standard InChI is InChI=1S/C31H38O6S.Na/c1-2-3-5-13-31(26-9-6-4-7-10-26)37-28-21-14-24(15-22-28)16-23-29(38(34,35)36)11-8-12-30(33)25-17-19-27(32)20-18-25;/h4,6-10,12,14-15,17-22,29-33H,2-3,5,11,13,16,23H2,1H3,(H,34,35,36);/q;+1/p-1. The Bertz CT molecular complexity index is 1230. The van der Waals surface area contributed by atoms with E-state index < -0.39 is 21.5 Å². The number of hydrogen-bond acceptors (Lipinski definition) is 6. The van der Waals surface area contributed by atoms with Crippen molar-refractivity contribution < 1.29 is 57.5 Å². The topological polar surface area (TPSA) is 107 Å². The quantitative estimate of drug-likeness (QED) is 0.127. The number of aliphatic hydroxyl groups excluding tert-OH is 1. The van der Waals surface area contributed by atoms with Crippen molar-refractivity contribution in [3.8, 4) is 11.5 Å². The fourth-order valence-corrected chi connectivity index (χ4v) is 5.04. The second kappa shape index (κ2) is 16.9. The Balaban J connectivity index is 0.00000533. The summed E-state index contributed by atoms with van der Waals surface area (Å²) in [4.78, 5) is 0. The molecule has 0 bridgehead atoms. The molecule has 2 N–H and O–H groups in total. The number of aliphatic hydroxyl groups is 1. The van der Waals surface area contributed by atoms with Crippen LogP contribution in [0.15, 0.2) is 91.0 Å². The van der Waals surface area contributed by atoms with E-state index in [2.05, 4.69) is 19.1 Å². The molecule has 39 heavy (non-hydrogen) atoms. The summed E-state index contributed by atoms with van der Waals surface area (Å²) in [5.74, 6) is 0.836. The minimum Gasteiger partial charge on any atom is -0.748 e. The first-order valence-electron chi connectivity index (χ1n) is 13.1. The van der Waals surface area contributed by atoms with Crippen LogP contribution in [0.2, 0.25) is 0 Å². The number of phenolic OH excluding ortho intramolecular Hbond substituents is 1. The van der Waals surface area contributed by atoms with Crippen LogP contribution in [0.25, 0.3) is 0 Å². The smallest absolute Gasteiger partial charge is 0.748 e. The van der Waals surface area contributed by atoms with Crippen LogP contribution < -0.4 is 34.3 Å². The van der Waals surface area contributed by atoms with Gasteiger partial charge >= 0.3 is 29.6 Å². The molecule has 0 spiro atoms. The van der Waals surface area contributed by atoms with Crippen molar-refractivity contribution in [3.05, 3.63) is 108 Å². The van der Waals surface area contributed by atoms with Crippen LogP contribution >= 0.6 is 0 Å². The average molecular weight is 561 g/mol. The third-order valence-electron chi connectivity index (χ3n) is 6.56. The number of rotatable bonds is 15. The molecule has 0 amide bonds. The third-order valence-corrected chi connectivity index (χ3v) is 7.80. The molecular weight excluding hydrogens is 523 g/mol. The summed E-state index contributed by atoms with van der Waals surface area (Å²) in [6, 6.07) is 23.8. The molecule has 3 atom stereocenters. The molecule has 0 aliphatic heterocycles. The number of ether oxygens (including phenoxy) is 1. The van der Waals surface area contributed by atoms with E-state index in [1.54, 1.807) is 12.1 Å². The molecule has 0 saturated heterocycles. The number of unbranched alkanes of at least 4 members (excludes halogenated alkanes) is 2. The van der Waals surface area contributed by atoms with Gasteiger partial charge in [0.25, 0.3) is 0 Å². The molecule has 0 aliphatic rings. The normalized spacial score (nSPS) is 13.9. The molecule has 6 nitrogen and oxygen atoms in total. The molecule has 0 heterocycles. The van der Waals surface area contributed by atoms with E-state index in [1.807, 2.05) is 42.5 Å². The molecule has 0 aliphatic carbocycles. The number of benzene rings is 3. The van der Waals surface area contributed by atoms with E-state index in [-0.39, 0.29) is 54.3 Å². The van der Waals surface area contributed by atoms with Crippen LogP contribution in [0.5, 0.6) is 11.5 Å². The molecule has 8 heteroatoms. The van der Waals surface area contributed by atoms with E-state index in [0.29, 0.717) is 12.0 Å². The van der Waals surface area contributed by atoms with Crippen LogP contribution in [0, 0.1) is 0 Å². The summed E-state index contributed by atoms with van der Waals surface area (Å²) in [6.07, 6.45) is 6.92. The zero-order valence-electron chi connectivity index (χ0n) is 22.8. The number of phenols is 1. The fourth-order valence-electron chi connectivity index (χ4n) is 4.29. The summed E-state index contributed by atoms with van der Waals surface area (Å²) in [6.45, 7) is 2.18. The summed E-state index contributed by atoms with van der Waals surface area (Å²) in [7, 11) is -4.51. The van der Waals surface area contributed by atoms with E-state index in [4.69, 9.17) is 4.74 Å². The Labute approximate surface area is 254 Å². The predicted octanol–water partition coefficient (Wildman–Crippen LogP) is 3.62. The Hall–Kier alpha value is -2.13. The minimum absolute atomic E-state index is 0. The van der Waals surface area contributed by atoms with Crippen molar-refractivity contribution in [2.75, 3.05) is 0 Å². The second-order valence-corrected chi connectivity index (χ2v) is 11.2. The summed E-state index contributed by atoms with van der Waals surface area (Å²) < 4.78 is 41.9. The van der Waals surface area contributed by atoms with Gasteiger partial charge in [-0.15, -0.1) is 0 Å². The van der Waals surface area contributed by atoms with Crippen LogP contribution in [-0.2, 0) is 16.5 Å². The molecule has 204 valence electrons. The number of hydrogen-bond donors (Lipinski definition) is 2. The first-order chi connectivity index (χ1) is 18.3. The number of aromatic hydroxyl groups is 1. The van der Waals surface area contributed by atoms with Gasteiger partial charge in [0.05, 0.1) is 21.5 Å². The monoisotopic (exact) mass is 560 g/mol. The van der Waals surface area contributed by atoms with Crippen molar-refractivity contribution >= 4 is 10.1 Å². The Morgan fingerprint density at radius 2 is 1.56 bits per heavy atom. The van der Waals surface area contributed by atoms with Crippen LogP contribution in [-0.4, -0.2) is 28.4 Å². The molecule has 3 aromatic rings. The van der Waals surface area contributed by atoms with E-state index >= 15 is 0 Å². The first-order valence-corrected chi connectivity index (χ1v) is 14.6. The Kier molecular flexibility index (Phi) is 14.3. The van der Waals surface area contributed by atoms with Gasteiger partial charge in [-0.1, -0.05) is 86.5 Å². The maximum absolute atomic E-state index is 11.9. The number of allylic oxidation sites excluding steroid dienone is 1. The average Bonchev–Trinajstić information content (AvgIpc) is 2.91. The van der Waals surface area contributed by atoms with Gasteiger partial charge in [-0.25, -0.2) is 8.42 Å². The van der Waals surface area contributed by atoms with Crippen LogP contribution in [0.4, 0.5) is 0 Å². The van der Waals surface area contributed by atoms with Crippen molar-refractivity contribution in [2.24, 2.45) is 0 Å². The number of aryl methyl sites for hydroxylation is 1. The van der Waals surface area contributed by atoms with E-state index in [9.17, 15) is 23.2 Å². The predicted molar refractivity (Wildman–Crippen MR) is 149 cm³/mol. The molecular formula is C31H37NaO6S. The molecule has 3 unspecified atom stereocenters. The Morgan fingerprint density at radius 3 is 2.18 bits per heavy atom.